The van der Waals surface area contributed by atoms with Crippen LogP contribution < -0.4 is 10.2 Å². The Labute approximate surface area is 111 Å². The topological polar surface area (TPSA) is 28.2 Å². The molecule has 0 aromatic carbocycles. The van der Waals surface area contributed by atoms with Crippen LogP contribution in [0.4, 0.5) is 5.82 Å². The molecule has 0 aliphatic carbocycles. The van der Waals surface area contributed by atoms with Gasteiger partial charge in [0.1, 0.15) is 5.82 Å². The van der Waals surface area contributed by atoms with Gasteiger partial charge in [0.05, 0.1) is 0 Å². The van der Waals surface area contributed by atoms with Crippen LogP contribution in [0, 0.1) is 18.8 Å². The van der Waals surface area contributed by atoms with Crippen LogP contribution in [0.2, 0.25) is 0 Å². The summed E-state index contributed by atoms with van der Waals surface area (Å²) < 4.78 is 0. The molecule has 0 amide bonds. The summed E-state index contributed by atoms with van der Waals surface area (Å²) in [6.07, 6.45) is 3.28. The molecule has 0 radical (unpaired) electrons. The van der Waals surface area contributed by atoms with E-state index < -0.39 is 0 Å². The number of anilines is 1. The summed E-state index contributed by atoms with van der Waals surface area (Å²) in [6, 6.07) is 2.25. The van der Waals surface area contributed by atoms with Gasteiger partial charge < -0.3 is 10.2 Å². The number of rotatable bonds is 3. The molecule has 1 fully saturated rings. The van der Waals surface area contributed by atoms with Gasteiger partial charge in [-0.25, -0.2) is 4.98 Å². The molecular weight excluding hydrogens is 222 g/mol. The lowest BCUT2D eigenvalue weighted by molar-refractivity contribution is 0.322. The molecule has 2 unspecified atom stereocenters. The molecule has 0 spiro atoms. The van der Waals surface area contributed by atoms with Crippen molar-refractivity contribution in [1.29, 1.82) is 0 Å². The lowest BCUT2D eigenvalue weighted by Gasteiger charge is -2.36. The molecule has 0 bridgehead atoms. The number of aryl methyl sites for hydroxylation is 1. The molecule has 0 saturated carbocycles. The molecule has 100 valence electrons. The van der Waals surface area contributed by atoms with E-state index in [0.717, 1.165) is 31.5 Å². The first kappa shape index (κ1) is 13.3. The number of pyridine rings is 1. The molecular formula is C15H25N3. The van der Waals surface area contributed by atoms with Crippen LogP contribution in [0.5, 0.6) is 0 Å². The Morgan fingerprint density at radius 1 is 1.39 bits per heavy atom. The highest BCUT2D eigenvalue weighted by Crippen LogP contribution is 2.27. The minimum absolute atomic E-state index is 0.761. The second kappa shape index (κ2) is 5.70. The van der Waals surface area contributed by atoms with E-state index in [9.17, 15) is 0 Å². The van der Waals surface area contributed by atoms with Crippen molar-refractivity contribution in [3.05, 3.63) is 23.4 Å². The van der Waals surface area contributed by atoms with Crippen LogP contribution in [0.15, 0.2) is 12.3 Å². The normalized spacial score (nSPS) is 24.3. The van der Waals surface area contributed by atoms with Gasteiger partial charge in [0.2, 0.25) is 0 Å². The van der Waals surface area contributed by atoms with Crippen molar-refractivity contribution in [3.63, 3.8) is 0 Å². The van der Waals surface area contributed by atoms with Crippen LogP contribution in [0.1, 0.15) is 31.4 Å². The molecule has 1 aromatic rings. The summed E-state index contributed by atoms with van der Waals surface area (Å²) in [5.74, 6) is 2.77. The van der Waals surface area contributed by atoms with Gasteiger partial charge in [-0.2, -0.15) is 0 Å². The predicted octanol–water partition coefficient (Wildman–Crippen LogP) is 2.59. The molecule has 1 saturated heterocycles. The van der Waals surface area contributed by atoms with E-state index in [1.165, 1.54) is 23.4 Å². The maximum Gasteiger partial charge on any atom is 0.131 e. The van der Waals surface area contributed by atoms with Gasteiger partial charge in [0.15, 0.2) is 0 Å². The lowest BCUT2D eigenvalue weighted by Crippen LogP contribution is -2.39. The number of nitrogens with zero attached hydrogens (tertiary/aromatic N) is 2. The minimum atomic E-state index is 0.761. The fraction of sp³-hybridized carbons (Fsp3) is 0.667. The van der Waals surface area contributed by atoms with Crippen LogP contribution >= 0.6 is 0 Å². The summed E-state index contributed by atoms with van der Waals surface area (Å²) in [5, 5.41) is 3.17. The van der Waals surface area contributed by atoms with Gasteiger partial charge in [0.25, 0.3) is 0 Å². The highest BCUT2D eigenvalue weighted by molar-refractivity contribution is 5.47. The van der Waals surface area contributed by atoms with Crippen LogP contribution in [-0.2, 0) is 6.54 Å². The van der Waals surface area contributed by atoms with Gasteiger partial charge in [-0.05, 0) is 49.4 Å². The number of hydrogen-bond donors (Lipinski definition) is 1. The zero-order chi connectivity index (χ0) is 13.1. The van der Waals surface area contributed by atoms with E-state index in [2.05, 4.69) is 42.0 Å². The number of hydrogen-bond acceptors (Lipinski definition) is 3. The molecule has 3 nitrogen and oxygen atoms in total. The molecule has 18 heavy (non-hydrogen) atoms. The smallest absolute Gasteiger partial charge is 0.131 e. The summed E-state index contributed by atoms with van der Waals surface area (Å²) in [6.45, 7) is 10.1. The quantitative estimate of drug-likeness (QED) is 0.890. The highest BCUT2D eigenvalue weighted by Gasteiger charge is 2.24. The maximum atomic E-state index is 4.67. The van der Waals surface area contributed by atoms with Gasteiger partial charge in [-0.3, -0.25) is 0 Å². The average molecular weight is 247 g/mol. The van der Waals surface area contributed by atoms with Crippen LogP contribution in [0.25, 0.3) is 0 Å². The standard InChI is InChI=1S/C15H25N3/c1-11-5-6-18(10-13(11)3)15-12(2)7-14(8-16-4)9-17-15/h7,9,11,13,16H,5-6,8,10H2,1-4H3. The van der Waals surface area contributed by atoms with Crippen molar-refractivity contribution in [2.24, 2.45) is 11.8 Å². The Morgan fingerprint density at radius 3 is 2.78 bits per heavy atom. The molecule has 1 N–H and O–H groups in total. The lowest BCUT2D eigenvalue weighted by atomic mass is 9.88. The molecule has 2 rings (SSSR count). The van der Waals surface area contributed by atoms with Gasteiger partial charge >= 0.3 is 0 Å². The monoisotopic (exact) mass is 247 g/mol. The number of nitrogens with one attached hydrogen (secondary N) is 1. The summed E-state index contributed by atoms with van der Waals surface area (Å²) in [7, 11) is 1.97. The van der Waals surface area contributed by atoms with Gasteiger partial charge in [-0.15, -0.1) is 0 Å². The summed E-state index contributed by atoms with van der Waals surface area (Å²) >= 11 is 0. The Morgan fingerprint density at radius 2 is 2.17 bits per heavy atom. The second-order valence-corrected chi connectivity index (χ2v) is 5.70. The number of aromatic nitrogens is 1. The first-order valence-electron chi connectivity index (χ1n) is 6.97. The Balaban J connectivity index is 2.13. The van der Waals surface area contributed by atoms with Crippen LogP contribution in [0.3, 0.4) is 0 Å². The minimum Gasteiger partial charge on any atom is -0.356 e. The second-order valence-electron chi connectivity index (χ2n) is 5.70. The summed E-state index contributed by atoms with van der Waals surface area (Å²) in [5.41, 5.74) is 2.56. The summed E-state index contributed by atoms with van der Waals surface area (Å²) in [4.78, 5) is 7.11. The SMILES string of the molecule is CNCc1cnc(N2CCC(C)C(C)C2)c(C)c1. The molecule has 1 aliphatic rings. The third-order valence-electron chi connectivity index (χ3n) is 4.12. The highest BCUT2D eigenvalue weighted by atomic mass is 15.2. The predicted molar refractivity (Wildman–Crippen MR) is 76.9 cm³/mol. The first-order chi connectivity index (χ1) is 8.61. The first-order valence-corrected chi connectivity index (χ1v) is 6.97. The van der Waals surface area contributed by atoms with E-state index in [4.69, 9.17) is 0 Å². The zero-order valence-corrected chi connectivity index (χ0v) is 12.0. The van der Waals surface area contributed by atoms with Crippen molar-refractivity contribution < 1.29 is 0 Å². The van der Waals surface area contributed by atoms with E-state index in [0.29, 0.717) is 0 Å². The van der Waals surface area contributed by atoms with E-state index in [-0.39, 0.29) is 0 Å². The average Bonchev–Trinajstić information content (AvgIpc) is 2.34. The Kier molecular flexibility index (Phi) is 4.23. The van der Waals surface area contributed by atoms with Crippen molar-refractivity contribution in [1.82, 2.24) is 10.3 Å². The zero-order valence-electron chi connectivity index (χ0n) is 12.0. The molecule has 2 heterocycles. The largest absolute Gasteiger partial charge is 0.356 e. The van der Waals surface area contributed by atoms with Crippen molar-refractivity contribution in [3.8, 4) is 0 Å². The molecule has 1 aliphatic heterocycles. The van der Waals surface area contributed by atoms with Crippen molar-refractivity contribution in [2.45, 2.75) is 33.7 Å². The van der Waals surface area contributed by atoms with Crippen LogP contribution in [-0.4, -0.2) is 25.1 Å². The van der Waals surface area contributed by atoms with Gasteiger partial charge in [-0.1, -0.05) is 13.8 Å². The fourth-order valence-electron chi connectivity index (χ4n) is 2.71. The van der Waals surface area contributed by atoms with Gasteiger partial charge in [0, 0.05) is 25.8 Å². The van der Waals surface area contributed by atoms with E-state index in [1.54, 1.807) is 0 Å². The van der Waals surface area contributed by atoms with Crippen molar-refractivity contribution in [2.75, 3.05) is 25.0 Å². The third-order valence-corrected chi connectivity index (χ3v) is 4.12. The third kappa shape index (κ3) is 2.83. The number of piperidine rings is 1. The molecule has 2 atom stereocenters. The van der Waals surface area contributed by atoms with Crippen molar-refractivity contribution >= 4 is 5.82 Å². The fourth-order valence-corrected chi connectivity index (χ4v) is 2.71. The Hall–Kier alpha value is -1.09. The Bertz CT molecular complexity index is 403. The molecule has 3 heteroatoms. The van der Waals surface area contributed by atoms with E-state index in [1.807, 2.05) is 13.2 Å². The maximum absolute atomic E-state index is 4.67. The van der Waals surface area contributed by atoms with E-state index >= 15 is 0 Å². The molecule has 1 aromatic heterocycles.